The molecule has 2 rings (SSSR count). The molecule has 2 N–H and O–H groups in total. The van der Waals surface area contributed by atoms with Gasteiger partial charge in [0.25, 0.3) is 5.91 Å². The van der Waals surface area contributed by atoms with Gasteiger partial charge in [0, 0.05) is 18.4 Å². The van der Waals surface area contributed by atoms with E-state index in [1.807, 2.05) is 44.2 Å². The van der Waals surface area contributed by atoms with Crippen molar-refractivity contribution < 1.29 is 9.53 Å². The number of pyridine rings is 1. The summed E-state index contributed by atoms with van der Waals surface area (Å²) in [6.45, 7) is 6.73. The van der Waals surface area contributed by atoms with Gasteiger partial charge in [-0.15, -0.1) is 0 Å². The van der Waals surface area contributed by atoms with E-state index in [0.717, 1.165) is 30.0 Å². The zero-order chi connectivity index (χ0) is 17.4. The van der Waals surface area contributed by atoms with E-state index in [2.05, 4.69) is 22.5 Å². The largest absolute Gasteiger partial charge is 0.489 e. The molecule has 0 unspecified atom stereocenters. The van der Waals surface area contributed by atoms with Crippen LogP contribution in [0, 0.1) is 0 Å². The number of hydrogen-bond donors (Lipinski definition) is 2. The quantitative estimate of drug-likeness (QED) is 0.715. The van der Waals surface area contributed by atoms with Crippen LogP contribution < -0.4 is 15.4 Å². The summed E-state index contributed by atoms with van der Waals surface area (Å²) in [6.07, 6.45) is 3.72. The predicted molar refractivity (Wildman–Crippen MR) is 97.0 cm³/mol. The number of rotatable bonds is 8. The maximum absolute atomic E-state index is 12.1. The fourth-order valence-corrected chi connectivity index (χ4v) is 2.18. The van der Waals surface area contributed by atoms with Gasteiger partial charge in [-0.3, -0.25) is 9.78 Å². The van der Waals surface area contributed by atoms with Gasteiger partial charge in [0.2, 0.25) is 0 Å². The number of unbranched alkanes of at least 4 members (excludes halogenated alkanes) is 1. The molecule has 0 aliphatic heterocycles. The summed E-state index contributed by atoms with van der Waals surface area (Å²) in [6, 6.07) is 11.3. The van der Waals surface area contributed by atoms with Crippen LogP contribution in [0.15, 0.2) is 42.6 Å². The topological polar surface area (TPSA) is 63.2 Å². The first-order chi connectivity index (χ1) is 11.6. The molecule has 0 spiro atoms. The van der Waals surface area contributed by atoms with Crippen molar-refractivity contribution in [3.05, 3.63) is 48.3 Å². The third kappa shape index (κ3) is 5.26. The smallest absolute Gasteiger partial charge is 0.269 e. The Hall–Kier alpha value is -2.56. The normalized spacial score (nSPS) is 10.5. The second kappa shape index (κ2) is 8.91. The van der Waals surface area contributed by atoms with Crippen LogP contribution in [0.1, 0.15) is 44.1 Å². The number of benzene rings is 1. The number of carbonyl (C=O) groups is 1. The number of anilines is 2. The number of ether oxygens (including phenoxy) is 1. The van der Waals surface area contributed by atoms with Crippen molar-refractivity contribution in [1.29, 1.82) is 0 Å². The van der Waals surface area contributed by atoms with Crippen LogP contribution in [0.4, 0.5) is 11.4 Å². The first kappa shape index (κ1) is 17.8. The molecule has 24 heavy (non-hydrogen) atoms. The third-order valence-corrected chi connectivity index (χ3v) is 3.34. The lowest BCUT2D eigenvalue weighted by molar-refractivity contribution is 0.0948. The van der Waals surface area contributed by atoms with E-state index in [0.29, 0.717) is 12.2 Å². The number of nitrogens with one attached hydrogen (secondary N) is 2. The SMILES string of the molecule is CCCCNC(=O)c1cc(Nc2ccccc2OC(C)C)ccn1. The third-order valence-electron chi connectivity index (χ3n) is 3.34. The van der Waals surface area contributed by atoms with Gasteiger partial charge in [-0.1, -0.05) is 25.5 Å². The van der Waals surface area contributed by atoms with Gasteiger partial charge in [0.05, 0.1) is 11.8 Å². The van der Waals surface area contributed by atoms with Crippen molar-refractivity contribution in [3.63, 3.8) is 0 Å². The first-order valence-corrected chi connectivity index (χ1v) is 8.37. The number of aromatic nitrogens is 1. The van der Waals surface area contributed by atoms with Gasteiger partial charge >= 0.3 is 0 Å². The summed E-state index contributed by atoms with van der Waals surface area (Å²) in [4.78, 5) is 16.3. The number of amides is 1. The molecule has 1 amide bonds. The molecule has 0 radical (unpaired) electrons. The summed E-state index contributed by atoms with van der Waals surface area (Å²) in [5.74, 6) is 0.622. The molecule has 0 saturated carbocycles. The molecule has 0 fully saturated rings. The predicted octanol–water partition coefficient (Wildman–Crippen LogP) is 4.14. The van der Waals surface area contributed by atoms with Crippen molar-refractivity contribution in [2.45, 2.75) is 39.7 Å². The van der Waals surface area contributed by atoms with Crippen LogP contribution >= 0.6 is 0 Å². The minimum atomic E-state index is -0.154. The lowest BCUT2D eigenvalue weighted by Crippen LogP contribution is -2.25. The molecule has 1 aromatic carbocycles. The van der Waals surface area contributed by atoms with Crippen LogP contribution in [-0.4, -0.2) is 23.5 Å². The Morgan fingerprint density at radius 1 is 1.25 bits per heavy atom. The highest BCUT2D eigenvalue weighted by molar-refractivity contribution is 5.93. The molecular weight excluding hydrogens is 302 g/mol. The molecular formula is C19H25N3O2. The summed E-state index contributed by atoms with van der Waals surface area (Å²) >= 11 is 0. The molecule has 0 saturated heterocycles. The van der Waals surface area contributed by atoms with Crippen molar-refractivity contribution in [1.82, 2.24) is 10.3 Å². The van der Waals surface area contributed by atoms with Gasteiger partial charge in [-0.25, -0.2) is 0 Å². The average Bonchev–Trinajstić information content (AvgIpc) is 2.56. The van der Waals surface area contributed by atoms with Crippen LogP contribution in [0.2, 0.25) is 0 Å². The van der Waals surface area contributed by atoms with Crippen molar-refractivity contribution in [3.8, 4) is 5.75 Å². The average molecular weight is 327 g/mol. The Morgan fingerprint density at radius 3 is 2.79 bits per heavy atom. The summed E-state index contributed by atoms with van der Waals surface area (Å²) < 4.78 is 5.80. The maximum Gasteiger partial charge on any atom is 0.269 e. The zero-order valence-corrected chi connectivity index (χ0v) is 14.5. The zero-order valence-electron chi connectivity index (χ0n) is 14.5. The van der Waals surface area contributed by atoms with Crippen LogP contribution in [0.25, 0.3) is 0 Å². The Labute approximate surface area is 143 Å². The Kier molecular flexibility index (Phi) is 6.61. The minimum absolute atomic E-state index is 0.0882. The number of nitrogens with zero attached hydrogens (tertiary/aromatic N) is 1. The van der Waals surface area contributed by atoms with Gasteiger partial charge in [0.1, 0.15) is 11.4 Å². The molecule has 0 aliphatic carbocycles. The maximum atomic E-state index is 12.1. The molecule has 5 nitrogen and oxygen atoms in total. The van der Waals surface area contributed by atoms with Gasteiger partial charge < -0.3 is 15.4 Å². The number of hydrogen-bond acceptors (Lipinski definition) is 4. The van der Waals surface area contributed by atoms with E-state index in [1.165, 1.54) is 0 Å². The molecule has 0 aliphatic rings. The highest BCUT2D eigenvalue weighted by Gasteiger charge is 2.09. The monoisotopic (exact) mass is 327 g/mol. The van der Waals surface area contributed by atoms with E-state index < -0.39 is 0 Å². The van der Waals surface area contributed by atoms with Crippen molar-refractivity contribution >= 4 is 17.3 Å². The van der Waals surface area contributed by atoms with E-state index in [-0.39, 0.29) is 12.0 Å². The number of carbonyl (C=O) groups excluding carboxylic acids is 1. The number of para-hydroxylation sites is 2. The van der Waals surface area contributed by atoms with Crippen LogP contribution in [-0.2, 0) is 0 Å². The highest BCUT2D eigenvalue weighted by Crippen LogP contribution is 2.28. The standard InChI is InChI=1S/C19H25N3O2/c1-4-5-11-21-19(23)17-13-15(10-12-20-17)22-16-8-6-7-9-18(16)24-14(2)3/h6-10,12-14H,4-5,11H2,1-3H3,(H,20,22)(H,21,23). The van der Waals surface area contributed by atoms with Crippen molar-refractivity contribution in [2.24, 2.45) is 0 Å². The Bertz CT molecular complexity index is 671. The molecule has 1 aromatic heterocycles. The van der Waals surface area contributed by atoms with E-state index in [1.54, 1.807) is 12.3 Å². The summed E-state index contributed by atoms with van der Waals surface area (Å²) in [7, 11) is 0. The van der Waals surface area contributed by atoms with Gasteiger partial charge in [0.15, 0.2) is 0 Å². The van der Waals surface area contributed by atoms with E-state index in [9.17, 15) is 4.79 Å². The highest BCUT2D eigenvalue weighted by atomic mass is 16.5. The fourth-order valence-electron chi connectivity index (χ4n) is 2.18. The minimum Gasteiger partial charge on any atom is -0.489 e. The molecule has 128 valence electrons. The molecule has 0 atom stereocenters. The Morgan fingerprint density at radius 2 is 2.04 bits per heavy atom. The summed E-state index contributed by atoms with van der Waals surface area (Å²) in [5, 5.41) is 6.17. The van der Waals surface area contributed by atoms with Gasteiger partial charge in [-0.2, -0.15) is 0 Å². The summed E-state index contributed by atoms with van der Waals surface area (Å²) in [5.41, 5.74) is 2.05. The van der Waals surface area contributed by atoms with E-state index >= 15 is 0 Å². The second-order valence-corrected chi connectivity index (χ2v) is 5.83. The molecule has 5 heteroatoms. The Balaban J connectivity index is 2.11. The van der Waals surface area contributed by atoms with Crippen LogP contribution in [0.5, 0.6) is 5.75 Å². The molecule has 1 heterocycles. The van der Waals surface area contributed by atoms with E-state index in [4.69, 9.17) is 4.74 Å². The van der Waals surface area contributed by atoms with Crippen LogP contribution in [0.3, 0.4) is 0 Å². The van der Waals surface area contributed by atoms with Gasteiger partial charge in [-0.05, 0) is 44.5 Å². The lowest BCUT2D eigenvalue weighted by atomic mass is 10.2. The molecule has 2 aromatic rings. The lowest BCUT2D eigenvalue weighted by Gasteiger charge is -2.15. The fraction of sp³-hybridized carbons (Fsp3) is 0.368. The molecule has 0 bridgehead atoms. The second-order valence-electron chi connectivity index (χ2n) is 5.83. The first-order valence-electron chi connectivity index (χ1n) is 8.37. The van der Waals surface area contributed by atoms with Crippen molar-refractivity contribution in [2.75, 3.05) is 11.9 Å².